The summed E-state index contributed by atoms with van der Waals surface area (Å²) >= 11 is 4.90. The van der Waals surface area contributed by atoms with Gasteiger partial charge in [0.2, 0.25) is 5.78 Å². The zero-order valence-corrected chi connectivity index (χ0v) is 12.8. The summed E-state index contributed by atoms with van der Waals surface area (Å²) in [4.78, 5) is 13.2. The zero-order chi connectivity index (χ0) is 13.3. The fourth-order valence-electron chi connectivity index (χ4n) is 1.70. The van der Waals surface area contributed by atoms with Crippen molar-refractivity contribution in [3.63, 3.8) is 0 Å². The van der Waals surface area contributed by atoms with Crippen LogP contribution in [0.3, 0.4) is 0 Å². The normalized spacial score (nSPS) is 10.4. The summed E-state index contributed by atoms with van der Waals surface area (Å²) in [5.41, 5.74) is 2.74. The molecule has 2 nitrogen and oxygen atoms in total. The third kappa shape index (κ3) is 2.49. The van der Waals surface area contributed by atoms with Gasteiger partial charge in [0.25, 0.3) is 0 Å². The molecule has 1 aromatic heterocycles. The Kier molecular flexibility index (Phi) is 3.88. The van der Waals surface area contributed by atoms with Crippen LogP contribution in [0.25, 0.3) is 0 Å². The van der Waals surface area contributed by atoms with E-state index < -0.39 is 0 Å². The molecule has 0 saturated carbocycles. The molecule has 2 aromatic rings. The number of ether oxygens (including phenoxy) is 1. The van der Waals surface area contributed by atoms with Gasteiger partial charge < -0.3 is 4.74 Å². The van der Waals surface area contributed by atoms with Gasteiger partial charge in [0.1, 0.15) is 5.75 Å². The number of hydrogen-bond acceptors (Lipinski definition) is 3. The Labute approximate surface area is 119 Å². The van der Waals surface area contributed by atoms with E-state index in [0.717, 1.165) is 19.8 Å². The SMILES string of the molecule is COc1ccc(C)cc1C(=O)c1cc(C)c(Br)s1. The van der Waals surface area contributed by atoms with Crippen molar-refractivity contribution < 1.29 is 9.53 Å². The maximum atomic E-state index is 12.5. The molecule has 0 unspecified atom stereocenters. The molecular formula is C14H13BrO2S. The Morgan fingerprint density at radius 3 is 2.56 bits per heavy atom. The molecule has 0 aliphatic rings. The van der Waals surface area contributed by atoms with E-state index in [1.165, 1.54) is 11.3 Å². The minimum atomic E-state index is 0.00866. The summed E-state index contributed by atoms with van der Waals surface area (Å²) in [5, 5.41) is 0. The first-order valence-corrected chi connectivity index (χ1v) is 7.09. The standard InChI is InChI=1S/C14H13BrO2S/c1-8-4-5-11(17-3)10(6-8)13(16)12-7-9(2)14(15)18-12/h4-7H,1-3H3. The molecular weight excluding hydrogens is 312 g/mol. The molecule has 94 valence electrons. The average molecular weight is 325 g/mol. The number of carbonyl (C=O) groups excluding carboxylic acids is 1. The lowest BCUT2D eigenvalue weighted by Crippen LogP contribution is -2.02. The molecule has 2 rings (SSSR count). The van der Waals surface area contributed by atoms with Gasteiger partial charge in [-0.2, -0.15) is 0 Å². The van der Waals surface area contributed by atoms with E-state index in [0.29, 0.717) is 11.3 Å². The van der Waals surface area contributed by atoms with Crippen LogP contribution in [-0.2, 0) is 0 Å². The van der Waals surface area contributed by atoms with E-state index >= 15 is 0 Å². The lowest BCUT2D eigenvalue weighted by Gasteiger charge is -2.07. The van der Waals surface area contributed by atoms with Crippen LogP contribution in [0.1, 0.15) is 26.4 Å². The fourth-order valence-corrected chi connectivity index (χ4v) is 3.19. The topological polar surface area (TPSA) is 26.3 Å². The number of aryl methyl sites for hydroxylation is 2. The van der Waals surface area contributed by atoms with E-state index in [9.17, 15) is 4.79 Å². The summed E-state index contributed by atoms with van der Waals surface area (Å²) in [6.45, 7) is 3.94. The van der Waals surface area contributed by atoms with Crippen LogP contribution in [0.4, 0.5) is 0 Å². The van der Waals surface area contributed by atoms with Gasteiger partial charge in [-0.05, 0) is 53.5 Å². The Bertz CT molecular complexity index is 582. The minimum Gasteiger partial charge on any atom is -0.496 e. The third-order valence-electron chi connectivity index (χ3n) is 2.68. The summed E-state index contributed by atoms with van der Waals surface area (Å²) in [7, 11) is 1.58. The van der Waals surface area contributed by atoms with Crippen LogP contribution in [-0.4, -0.2) is 12.9 Å². The zero-order valence-electron chi connectivity index (χ0n) is 10.4. The van der Waals surface area contributed by atoms with Gasteiger partial charge in [0.15, 0.2) is 0 Å². The second kappa shape index (κ2) is 5.24. The first-order chi connectivity index (χ1) is 8.52. The van der Waals surface area contributed by atoms with Crippen LogP contribution in [0, 0.1) is 13.8 Å². The lowest BCUT2D eigenvalue weighted by atomic mass is 10.1. The van der Waals surface area contributed by atoms with Crippen LogP contribution in [0.5, 0.6) is 5.75 Å². The van der Waals surface area contributed by atoms with Crippen molar-refractivity contribution >= 4 is 33.0 Å². The Morgan fingerprint density at radius 1 is 1.28 bits per heavy atom. The summed E-state index contributed by atoms with van der Waals surface area (Å²) < 4.78 is 6.25. The van der Waals surface area contributed by atoms with Crippen molar-refractivity contribution in [2.75, 3.05) is 7.11 Å². The van der Waals surface area contributed by atoms with E-state index in [4.69, 9.17) is 4.74 Å². The molecule has 0 amide bonds. The van der Waals surface area contributed by atoms with Gasteiger partial charge in [-0.15, -0.1) is 11.3 Å². The van der Waals surface area contributed by atoms with Gasteiger partial charge in [-0.25, -0.2) is 0 Å². The number of benzene rings is 1. The largest absolute Gasteiger partial charge is 0.496 e. The number of halogens is 1. The molecule has 18 heavy (non-hydrogen) atoms. The number of hydrogen-bond donors (Lipinski definition) is 0. The second-order valence-electron chi connectivity index (χ2n) is 4.10. The van der Waals surface area contributed by atoms with Gasteiger partial charge in [0.05, 0.1) is 21.3 Å². The number of ketones is 1. The van der Waals surface area contributed by atoms with Crippen molar-refractivity contribution in [3.8, 4) is 5.75 Å². The van der Waals surface area contributed by atoms with E-state index in [-0.39, 0.29) is 5.78 Å². The predicted molar refractivity (Wildman–Crippen MR) is 77.9 cm³/mol. The molecule has 0 atom stereocenters. The summed E-state index contributed by atoms with van der Waals surface area (Å²) in [6.07, 6.45) is 0. The average Bonchev–Trinajstić information content (AvgIpc) is 2.68. The highest BCUT2D eigenvalue weighted by Crippen LogP contribution is 2.31. The quantitative estimate of drug-likeness (QED) is 0.784. The molecule has 0 saturated heterocycles. The van der Waals surface area contributed by atoms with Crippen molar-refractivity contribution in [1.82, 2.24) is 0 Å². The van der Waals surface area contributed by atoms with Crippen molar-refractivity contribution in [1.29, 1.82) is 0 Å². The highest BCUT2D eigenvalue weighted by Gasteiger charge is 2.17. The van der Waals surface area contributed by atoms with Gasteiger partial charge >= 0.3 is 0 Å². The molecule has 0 bridgehead atoms. The molecule has 0 fully saturated rings. The molecule has 0 radical (unpaired) electrons. The van der Waals surface area contributed by atoms with Crippen LogP contribution in [0.15, 0.2) is 28.1 Å². The van der Waals surface area contributed by atoms with Gasteiger partial charge in [0, 0.05) is 0 Å². The highest BCUT2D eigenvalue weighted by atomic mass is 79.9. The molecule has 1 aromatic carbocycles. The molecule has 0 N–H and O–H groups in total. The van der Waals surface area contributed by atoms with E-state index in [2.05, 4.69) is 15.9 Å². The number of thiophene rings is 1. The highest BCUT2D eigenvalue weighted by molar-refractivity contribution is 9.11. The van der Waals surface area contributed by atoms with E-state index in [1.807, 2.05) is 38.1 Å². The maximum absolute atomic E-state index is 12.5. The van der Waals surface area contributed by atoms with Gasteiger partial charge in [-0.1, -0.05) is 11.6 Å². The van der Waals surface area contributed by atoms with Crippen LogP contribution >= 0.6 is 27.3 Å². The molecule has 0 aliphatic carbocycles. The molecule has 4 heteroatoms. The van der Waals surface area contributed by atoms with Crippen LogP contribution < -0.4 is 4.74 Å². The first kappa shape index (κ1) is 13.3. The third-order valence-corrected chi connectivity index (χ3v) is 4.82. The number of rotatable bonds is 3. The Morgan fingerprint density at radius 2 is 2.00 bits per heavy atom. The second-order valence-corrected chi connectivity index (χ2v) is 6.47. The smallest absolute Gasteiger partial charge is 0.206 e. The first-order valence-electron chi connectivity index (χ1n) is 5.48. The molecule has 1 heterocycles. The van der Waals surface area contributed by atoms with Crippen molar-refractivity contribution in [2.45, 2.75) is 13.8 Å². The monoisotopic (exact) mass is 324 g/mol. The Balaban J connectivity index is 2.48. The van der Waals surface area contributed by atoms with Gasteiger partial charge in [-0.3, -0.25) is 4.79 Å². The predicted octanol–water partition coefficient (Wildman–Crippen LogP) is 4.37. The summed E-state index contributed by atoms with van der Waals surface area (Å²) in [5.74, 6) is 0.627. The van der Waals surface area contributed by atoms with Crippen molar-refractivity contribution in [2.24, 2.45) is 0 Å². The fraction of sp³-hybridized carbons (Fsp3) is 0.214. The van der Waals surface area contributed by atoms with Crippen molar-refractivity contribution in [3.05, 3.63) is 49.6 Å². The maximum Gasteiger partial charge on any atom is 0.206 e. The molecule has 0 spiro atoms. The minimum absolute atomic E-state index is 0.00866. The number of methoxy groups -OCH3 is 1. The number of carbonyl (C=O) groups is 1. The summed E-state index contributed by atoms with van der Waals surface area (Å²) in [6, 6.07) is 7.53. The Hall–Kier alpha value is -1.13. The van der Waals surface area contributed by atoms with Crippen LogP contribution in [0.2, 0.25) is 0 Å². The van der Waals surface area contributed by atoms with E-state index in [1.54, 1.807) is 7.11 Å². The lowest BCUT2D eigenvalue weighted by molar-refractivity contribution is 0.103. The molecule has 0 aliphatic heterocycles.